The SMILES string of the molecule is CCNC(CSCCN(CC)CC)C(C)(C)C. The Kier molecular flexibility index (Phi) is 9.38. The number of hydrogen-bond acceptors (Lipinski definition) is 3. The van der Waals surface area contributed by atoms with Crippen molar-refractivity contribution in [2.75, 3.05) is 37.7 Å². The van der Waals surface area contributed by atoms with Crippen molar-refractivity contribution in [1.29, 1.82) is 0 Å². The standard InChI is InChI=1S/C14H32N2S/c1-7-15-13(14(4,5)6)12-17-11-10-16(8-2)9-3/h13,15H,7-12H2,1-6H3. The van der Waals surface area contributed by atoms with Crippen LogP contribution >= 0.6 is 11.8 Å². The second-order valence-electron chi connectivity index (χ2n) is 5.58. The van der Waals surface area contributed by atoms with Crippen molar-refractivity contribution in [3.8, 4) is 0 Å². The number of rotatable bonds is 9. The minimum Gasteiger partial charge on any atom is -0.313 e. The van der Waals surface area contributed by atoms with Crippen LogP contribution in [-0.2, 0) is 0 Å². The van der Waals surface area contributed by atoms with Crippen molar-refractivity contribution in [3.63, 3.8) is 0 Å². The number of nitrogens with one attached hydrogen (secondary N) is 1. The van der Waals surface area contributed by atoms with Gasteiger partial charge in [0.05, 0.1) is 0 Å². The first kappa shape index (κ1) is 17.3. The van der Waals surface area contributed by atoms with Crippen LogP contribution in [0.2, 0.25) is 0 Å². The highest BCUT2D eigenvalue weighted by atomic mass is 32.2. The summed E-state index contributed by atoms with van der Waals surface area (Å²) in [5.74, 6) is 2.47. The molecule has 0 radical (unpaired) electrons. The van der Waals surface area contributed by atoms with Crippen molar-refractivity contribution in [2.45, 2.75) is 47.6 Å². The van der Waals surface area contributed by atoms with E-state index in [1.807, 2.05) is 0 Å². The molecule has 1 atom stereocenters. The molecule has 2 nitrogen and oxygen atoms in total. The summed E-state index contributed by atoms with van der Waals surface area (Å²) in [4.78, 5) is 2.49. The van der Waals surface area contributed by atoms with Crippen LogP contribution in [-0.4, -0.2) is 48.6 Å². The van der Waals surface area contributed by atoms with E-state index >= 15 is 0 Å². The molecule has 0 aliphatic carbocycles. The Balaban J connectivity index is 3.83. The molecule has 104 valence electrons. The van der Waals surface area contributed by atoms with Crippen LogP contribution in [0.25, 0.3) is 0 Å². The van der Waals surface area contributed by atoms with Crippen molar-refractivity contribution < 1.29 is 0 Å². The second kappa shape index (κ2) is 9.23. The molecule has 0 aliphatic rings. The fourth-order valence-electron chi connectivity index (χ4n) is 1.80. The summed E-state index contributed by atoms with van der Waals surface area (Å²) in [6.07, 6.45) is 0. The van der Waals surface area contributed by atoms with Gasteiger partial charge in [-0.3, -0.25) is 0 Å². The molecule has 1 N–H and O–H groups in total. The van der Waals surface area contributed by atoms with Gasteiger partial charge < -0.3 is 10.2 Å². The van der Waals surface area contributed by atoms with Gasteiger partial charge in [0.1, 0.15) is 0 Å². The summed E-state index contributed by atoms with van der Waals surface area (Å²) in [5, 5.41) is 3.60. The Bertz CT molecular complexity index is 174. The molecule has 0 aliphatic heterocycles. The van der Waals surface area contributed by atoms with Crippen LogP contribution in [0.3, 0.4) is 0 Å². The van der Waals surface area contributed by atoms with Gasteiger partial charge in [0, 0.05) is 24.1 Å². The summed E-state index contributed by atoms with van der Waals surface area (Å²) in [6, 6.07) is 0.620. The summed E-state index contributed by atoms with van der Waals surface area (Å²) in [6.45, 7) is 18.3. The molecule has 0 aromatic rings. The predicted octanol–water partition coefficient (Wildman–Crippen LogP) is 3.09. The molecule has 0 saturated carbocycles. The molecule has 0 rings (SSSR count). The van der Waals surface area contributed by atoms with Crippen molar-refractivity contribution in [3.05, 3.63) is 0 Å². The number of thioether (sulfide) groups is 1. The summed E-state index contributed by atoms with van der Waals surface area (Å²) in [7, 11) is 0. The van der Waals surface area contributed by atoms with E-state index in [9.17, 15) is 0 Å². The highest BCUT2D eigenvalue weighted by Crippen LogP contribution is 2.22. The first-order valence-electron chi connectivity index (χ1n) is 6.99. The molecule has 0 bridgehead atoms. The average molecular weight is 260 g/mol. The van der Waals surface area contributed by atoms with Crippen LogP contribution < -0.4 is 5.32 Å². The van der Waals surface area contributed by atoms with Gasteiger partial charge in [-0.1, -0.05) is 41.5 Å². The zero-order valence-electron chi connectivity index (χ0n) is 12.7. The maximum absolute atomic E-state index is 3.60. The molecule has 3 heteroatoms. The molecule has 1 unspecified atom stereocenters. The van der Waals surface area contributed by atoms with Gasteiger partial charge in [-0.05, 0) is 25.0 Å². The fraction of sp³-hybridized carbons (Fsp3) is 1.00. The first-order valence-corrected chi connectivity index (χ1v) is 8.14. The van der Waals surface area contributed by atoms with Gasteiger partial charge in [-0.15, -0.1) is 0 Å². The molecule has 0 aromatic heterocycles. The van der Waals surface area contributed by atoms with Gasteiger partial charge in [-0.2, -0.15) is 11.8 Å². The highest BCUT2D eigenvalue weighted by Gasteiger charge is 2.23. The molecule has 0 fully saturated rings. The molecule has 0 amide bonds. The van der Waals surface area contributed by atoms with Crippen LogP contribution in [0.4, 0.5) is 0 Å². The van der Waals surface area contributed by atoms with Crippen LogP contribution in [0.15, 0.2) is 0 Å². The maximum atomic E-state index is 3.60. The Hall–Kier alpha value is 0.270. The summed E-state index contributed by atoms with van der Waals surface area (Å²) < 4.78 is 0. The quantitative estimate of drug-likeness (QED) is 0.641. The lowest BCUT2D eigenvalue weighted by Gasteiger charge is -2.31. The van der Waals surface area contributed by atoms with E-state index in [1.54, 1.807) is 0 Å². The Labute approximate surface area is 113 Å². The van der Waals surface area contributed by atoms with Gasteiger partial charge in [-0.25, -0.2) is 0 Å². The van der Waals surface area contributed by atoms with E-state index in [0.29, 0.717) is 11.5 Å². The monoisotopic (exact) mass is 260 g/mol. The highest BCUT2D eigenvalue weighted by molar-refractivity contribution is 7.99. The van der Waals surface area contributed by atoms with Crippen LogP contribution in [0, 0.1) is 5.41 Å². The average Bonchev–Trinajstić information content (AvgIpc) is 2.26. The van der Waals surface area contributed by atoms with E-state index in [2.05, 4.69) is 63.5 Å². The minimum atomic E-state index is 0.359. The van der Waals surface area contributed by atoms with E-state index < -0.39 is 0 Å². The van der Waals surface area contributed by atoms with E-state index in [4.69, 9.17) is 0 Å². The van der Waals surface area contributed by atoms with Gasteiger partial charge in [0.15, 0.2) is 0 Å². The van der Waals surface area contributed by atoms with E-state index in [1.165, 1.54) is 31.1 Å². The van der Waals surface area contributed by atoms with Gasteiger partial charge >= 0.3 is 0 Å². The maximum Gasteiger partial charge on any atom is 0.0206 e. The zero-order chi connectivity index (χ0) is 13.3. The number of nitrogens with zero attached hydrogens (tertiary/aromatic N) is 1. The normalized spacial score (nSPS) is 14.3. The molecule has 17 heavy (non-hydrogen) atoms. The fourth-order valence-corrected chi connectivity index (χ4v) is 3.20. The summed E-state index contributed by atoms with van der Waals surface area (Å²) >= 11 is 2.08. The Morgan fingerprint density at radius 3 is 2.12 bits per heavy atom. The molecule has 0 aromatic carbocycles. The van der Waals surface area contributed by atoms with Crippen molar-refractivity contribution in [2.24, 2.45) is 5.41 Å². The van der Waals surface area contributed by atoms with Gasteiger partial charge in [0.25, 0.3) is 0 Å². The molecule has 0 spiro atoms. The smallest absolute Gasteiger partial charge is 0.0206 e. The van der Waals surface area contributed by atoms with Crippen molar-refractivity contribution >= 4 is 11.8 Å². The van der Waals surface area contributed by atoms with Crippen LogP contribution in [0.1, 0.15) is 41.5 Å². The van der Waals surface area contributed by atoms with E-state index in [0.717, 1.165) is 6.54 Å². The predicted molar refractivity (Wildman–Crippen MR) is 82.0 cm³/mol. The lowest BCUT2D eigenvalue weighted by Crippen LogP contribution is -2.42. The Morgan fingerprint density at radius 2 is 1.71 bits per heavy atom. The third-order valence-electron chi connectivity index (χ3n) is 3.23. The lowest BCUT2D eigenvalue weighted by molar-refractivity contribution is 0.295. The molecular weight excluding hydrogens is 228 g/mol. The largest absolute Gasteiger partial charge is 0.313 e. The number of hydrogen-bond donors (Lipinski definition) is 1. The third-order valence-corrected chi connectivity index (χ3v) is 4.27. The minimum absolute atomic E-state index is 0.359. The van der Waals surface area contributed by atoms with Gasteiger partial charge in [0.2, 0.25) is 0 Å². The third kappa shape index (κ3) is 8.06. The zero-order valence-corrected chi connectivity index (χ0v) is 13.5. The molecule has 0 saturated heterocycles. The molecule has 0 heterocycles. The first-order chi connectivity index (χ1) is 7.95. The van der Waals surface area contributed by atoms with Crippen LogP contribution in [0.5, 0.6) is 0 Å². The second-order valence-corrected chi connectivity index (χ2v) is 6.73. The Morgan fingerprint density at radius 1 is 1.12 bits per heavy atom. The van der Waals surface area contributed by atoms with Crippen molar-refractivity contribution in [1.82, 2.24) is 10.2 Å². The van der Waals surface area contributed by atoms with E-state index in [-0.39, 0.29) is 0 Å². The topological polar surface area (TPSA) is 15.3 Å². The molecular formula is C14H32N2S. The summed E-state index contributed by atoms with van der Waals surface area (Å²) in [5.41, 5.74) is 0.359. The lowest BCUT2D eigenvalue weighted by atomic mass is 9.88.